The second kappa shape index (κ2) is 7.80. The number of likely N-dealkylation sites (N-methyl/N-ethyl adjacent to an activating group) is 1. The molecule has 0 atom stereocenters. The number of carbonyl (C=O) groups is 2. The summed E-state index contributed by atoms with van der Waals surface area (Å²) < 4.78 is 4.75. The summed E-state index contributed by atoms with van der Waals surface area (Å²) in [6.07, 6.45) is 0. The largest absolute Gasteiger partial charge is 0.382 e. The lowest BCUT2D eigenvalue weighted by molar-refractivity contribution is -0.135. The molecular formula is C11H16N2O4S. The van der Waals surface area contributed by atoms with Crippen LogP contribution < -0.4 is 5.48 Å². The van der Waals surface area contributed by atoms with Crippen LogP contribution in [0, 0.1) is 0 Å². The molecule has 0 saturated carbocycles. The molecule has 0 aromatic carbocycles. The van der Waals surface area contributed by atoms with E-state index in [1.807, 2.05) is 5.38 Å². The van der Waals surface area contributed by atoms with Crippen molar-refractivity contribution >= 4 is 23.2 Å². The summed E-state index contributed by atoms with van der Waals surface area (Å²) in [4.78, 5) is 30.0. The SMILES string of the molecule is COCCONC(=O)CN(C)C(=O)c1cccs1. The zero-order valence-electron chi connectivity index (χ0n) is 10.3. The van der Waals surface area contributed by atoms with Crippen molar-refractivity contribution in [2.75, 3.05) is 33.9 Å². The van der Waals surface area contributed by atoms with Gasteiger partial charge in [-0.1, -0.05) is 6.07 Å². The predicted molar refractivity (Wildman–Crippen MR) is 67.3 cm³/mol. The van der Waals surface area contributed by atoms with E-state index in [1.54, 1.807) is 26.3 Å². The van der Waals surface area contributed by atoms with Crippen LogP contribution in [-0.2, 0) is 14.4 Å². The highest BCUT2D eigenvalue weighted by Crippen LogP contribution is 2.10. The fraction of sp³-hybridized carbons (Fsp3) is 0.455. The van der Waals surface area contributed by atoms with Crippen molar-refractivity contribution < 1.29 is 19.2 Å². The Bertz CT molecular complexity index is 380. The number of amides is 2. The number of carbonyl (C=O) groups excluding carboxylic acids is 2. The van der Waals surface area contributed by atoms with Crippen molar-refractivity contribution in [3.05, 3.63) is 22.4 Å². The summed E-state index contributed by atoms with van der Waals surface area (Å²) in [5.41, 5.74) is 2.24. The van der Waals surface area contributed by atoms with Gasteiger partial charge in [-0.25, -0.2) is 5.48 Å². The molecule has 0 aliphatic heterocycles. The first-order chi connectivity index (χ1) is 8.65. The van der Waals surface area contributed by atoms with E-state index in [0.29, 0.717) is 11.5 Å². The lowest BCUT2D eigenvalue weighted by Gasteiger charge is -2.15. The predicted octanol–water partition coefficient (Wildman–Crippen LogP) is 0.514. The van der Waals surface area contributed by atoms with Gasteiger partial charge in [0.15, 0.2) is 0 Å². The first-order valence-electron chi connectivity index (χ1n) is 5.33. The van der Waals surface area contributed by atoms with E-state index in [4.69, 9.17) is 9.57 Å². The number of rotatable bonds is 7. The van der Waals surface area contributed by atoms with Gasteiger partial charge in [-0.05, 0) is 11.4 Å². The lowest BCUT2D eigenvalue weighted by Crippen LogP contribution is -2.38. The van der Waals surface area contributed by atoms with Crippen molar-refractivity contribution in [1.82, 2.24) is 10.4 Å². The summed E-state index contributed by atoms with van der Waals surface area (Å²) in [5, 5.41) is 1.81. The van der Waals surface area contributed by atoms with Gasteiger partial charge in [0.2, 0.25) is 0 Å². The first kappa shape index (κ1) is 14.6. The van der Waals surface area contributed by atoms with Crippen LogP contribution in [-0.4, -0.2) is 50.6 Å². The molecule has 0 unspecified atom stereocenters. The molecule has 0 radical (unpaired) electrons. The summed E-state index contributed by atoms with van der Waals surface area (Å²) in [6, 6.07) is 3.51. The number of hydroxylamine groups is 1. The topological polar surface area (TPSA) is 67.9 Å². The normalized spacial score (nSPS) is 10.1. The number of hydrogen-bond donors (Lipinski definition) is 1. The van der Waals surface area contributed by atoms with Gasteiger partial charge in [0.05, 0.1) is 18.1 Å². The van der Waals surface area contributed by atoms with Gasteiger partial charge in [0, 0.05) is 14.2 Å². The Morgan fingerprint density at radius 1 is 1.44 bits per heavy atom. The van der Waals surface area contributed by atoms with Crippen molar-refractivity contribution in [2.24, 2.45) is 0 Å². The minimum atomic E-state index is -0.376. The minimum Gasteiger partial charge on any atom is -0.382 e. The quantitative estimate of drug-likeness (QED) is 0.580. The Kier molecular flexibility index (Phi) is 6.34. The number of hydrogen-bond acceptors (Lipinski definition) is 5. The molecule has 7 heteroatoms. The zero-order chi connectivity index (χ0) is 13.4. The van der Waals surface area contributed by atoms with Crippen molar-refractivity contribution in [3.8, 4) is 0 Å². The maximum atomic E-state index is 11.8. The number of nitrogens with one attached hydrogen (secondary N) is 1. The third-order valence-corrected chi connectivity index (χ3v) is 2.89. The second-order valence-electron chi connectivity index (χ2n) is 3.51. The number of ether oxygens (including phenoxy) is 1. The highest BCUT2D eigenvalue weighted by molar-refractivity contribution is 7.12. The molecule has 100 valence electrons. The molecule has 6 nitrogen and oxygen atoms in total. The third-order valence-electron chi connectivity index (χ3n) is 2.03. The van der Waals surface area contributed by atoms with Crippen LogP contribution in [0.4, 0.5) is 0 Å². The standard InChI is InChI=1S/C11H16N2O4S/c1-13(11(15)9-4-3-7-18-9)8-10(14)12-17-6-5-16-2/h3-4,7H,5-6,8H2,1-2H3,(H,12,14). The maximum absolute atomic E-state index is 11.8. The fourth-order valence-corrected chi connectivity index (χ4v) is 1.88. The van der Waals surface area contributed by atoms with Crippen LogP contribution >= 0.6 is 11.3 Å². The van der Waals surface area contributed by atoms with Crippen LogP contribution in [0.15, 0.2) is 17.5 Å². The van der Waals surface area contributed by atoms with E-state index in [0.717, 1.165) is 0 Å². The molecular weight excluding hydrogens is 256 g/mol. The van der Waals surface area contributed by atoms with Crippen molar-refractivity contribution in [1.29, 1.82) is 0 Å². The molecule has 0 aliphatic carbocycles. The van der Waals surface area contributed by atoms with Gasteiger partial charge in [0.1, 0.15) is 6.54 Å². The number of thiophene rings is 1. The molecule has 1 aromatic heterocycles. The Balaban J connectivity index is 2.29. The summed E-state index contributed by atoms with van der Waals surface area (Å²) in [6.45, 7) is 0.610. The fourth-order valence-electron chi connectivity index (χ4n) is 1.16. The summed E-state index contributed by atoms with van der Waals surface area (Å²) in [7, 11) is 3.11. The van der Waals surface area contributed by atoms with E-state index in [9.17, 15) is 9.59 Å². The molecule has 0 aliphatic rings. The second-order valence-corrected chi connectivity index (χ2v) is 4.45. The zero-order valence-corrected chi connectivity index (χ0v) is 11.2. The molecule has 0 fully saturated rings. The smallest absolute Gasteiger partial charge is 0.264 e. The molecule has 1 heterocycles. The monoisotopic (exact) mass is 272 g/mol. The Morgan fingerprint density at radius 2 is 2.22 bits per heavy atom. The highest BCUT2D eigenvalue weighted by Gasteiger charge is 2.15. The van der Waals surface area contributed by atoms with Gasteiger partial charge in [-0.3, -0.25) is 14.4 Å². The lowest BCUT2D eigenvalue weighted by atomic mass is 10.4. The molecule has 0 saturated heterocycles. The summed E-state index contributed by atoms with van der Waals surface area (Å²) >= 11 is 1.34. The van der Waals surface area contributed by atoms with Gasteiger partial charge in [0.25, 0.3) is 11.8 Å². The van der Waals surface area contributed by atoms with Crippen LogP contribution in [0.2, 0.25) is 0 Å². The number of methoxy groups -OCH3 is 1. The molecule has 18 heavy (non-hydrogen) atoms. The number of nitrogens with zero attached hydrogens (tertiary/aromatic N) is 1. The highest BCUT2D eigenvalue weighted by atomic mass is 32.1. The van der Waals surface area contributed by atoms with Gasteiger partial charge < -0.3 is 9.64 Å². The van der Waals surface area contributed by atoms with E-state index in [-0.39, 0.29) is 25.0 Å². The molecule has 0 spiro atoms. The van der Waals surface area contributed by atoms with Gasteiger partial charge >= 0.3 is 0 Å². The maximum Gasteiger partial charge on any atom is 0.264 e. The van der Waals surface area contributed by atoms with Crippen LogP contribution in [0.25, 0.3) is 0 Å². The molecule has 2 amide bonds. The Hall–Kier alpha value is -1.44. The van der Waals surface area contributed by atoms with E-state index < -0.39 is 0 Å². The first-order valence-corrected chi connectivity index (χ1v) is 6.21. The minimum absolute atomic E-state index is 0.0519. The van der Waals surface area contributed by atoms with Crippen molar-refractivity contribution in [2.45, 2.75) is 0 Å². The average Bonchev–Trinajstić information content (AvgIpc) is 2.87. The average molecular weight is 272 g/mol. The molecule has 1 N–H and O–H groups in total. The van der Waals surface area contributed by atoms with Gasteiger partial charge in [-0.2, -0.15) is 0 Å². The Labute approximate surface area is 109 Å². The van der Waals surface area contributed by atoms with Crippen molar-refractivity contribution in [3.63, 3.8) is 0 Å². The van der Waals surface area contributed by atoms with Crippen LogP contribution in [0.1, 0.15) is 9.67 Å². The van der Waals surface area contributed by atoms with E-state index in [1.165, 1.54) is 16.2 Å². The van der Waals surface area contributed by atoms with E-state index in [2.05, 4.69) is 5.48 Å². The van der Waals surface area contributed by atoms with Crippen LogP contribution in [0.5, 0.6) is 0 Å². The van der Waals surface area contributed by atoms with Gasteiger partial charge in [-0.15, -0.1) is 11.3 Å². The molecule has 1 aromatic rings. The van der Waals surface area contributed by atoms with Crippen LogP contribution in [0.3, 0.4) is 0 Å². The Morgan fingerprint density at radius 3 is 2.83 bits per heavy atom. The molecule has 1 rings (SSSR count). The molecule has 0 bridgehead atoms. The van der Waals surface area contributed by atoms with E-state index >= 15 is 0 Å². The summed E-state index contributed by atoms with van der Waals surface area (Å²) in [5.74, 6) is -0.560. The third kappa shape index (κ3) is 4.82.